The van der Waals surface area contributed by atoms with Crippen molar-refractivity contribution in [1.29, 1.82) is 0 Å². The highest BCUT2D eigenvalue weighted by Gasteiger charge is 2.07. The molecule has 1 heterocycles. The molecule has 1 aromatic heterocycles. The van der Waals surface area contributed by atoms with Crippen LogP contribution in [0.1, 0.15) is 24.9 Å². The van der Waals surface area contributed by atoms with Crippen LogP contribution in [-0.2, 0) is 4.79 Å². The Hall–Kier alpha value is -0.900. The van der Waals surface area contributed by atoms with Gasteiger partial charge < -0.3 is 5.32 Å². The van der Waals surface area contributed by atoms with Crippen molar-refractivity contribution in [3.8, 4) is 0 Å². The molecule has 0 aliphatic carbocycles. The van der Waals surface area contributed by atoms with E-state index in [9.17, 15) is 4.79 Å². The summed E-state index contributed by atoms with van der Waals surface area (Å²) in [5.41, 5.74) is 0. The molecule has 0 aliphatic rings. The third kappa shape index (κ3) is 2.31. The molecule has 1 rings (SSSR count). The summed E-state index contributed by atoms with van der Waals surface area (Å²) in [5, 5.41) is 5.60. The minimum absolute atomic E-state index is 0.0206. The number of carbonyl (C=O) groups is 1. The van der Waals surface area contributed by atoms with Crippen molar-refractivity contribution in [2.45, 2.75) is 19.9 Å². The van der Waals surface area contributed by atoms with Crippen LogP contribution in [0.25, 0.3) is 0 Å². The Bertz CT molecular complexity index is 233. The molecule has 1 N–H and O–H groups in total. The van der Waals surface area contributed by atoms with E-state index in [-0.39, 0.29) is 11.9 Å². The Kier molecular flexibility index (Phi) is 2.59. The maximum Gasteiger partial charge on any atom is 0.217 e. The Morgan fingerprint density at radius 3 is 3.00 bits per heavy atom. The number of hydrogen-bond donors (Lipinski definition) is 1. The molecule has 0 fully saturated rings. The highest BCUT2D eigenvalue weighted by Crippen LogP contribution is 2.13. The van der Waals surface area contributed by atoms with Crippen molar-refractivity contribution < 1.29 is 4.79 Å². The van der Waals surface area contributed by atoms with E-state index in [1.165, 1.54) is 6.92 Å². The summed E-state index contributed by atoms with van der Waals surface area (Å²) in [6, 6.07) is 0.0347. The van der Waals surface area contributed by atoms with Gasteiger partial charge in [0.15, 0.2) is 0 Å². The smallest absolute Gasteiger partial charge is 0.217 e. The lowest BCUT2D eigenvalue weighted by atomic mass is 10.3. The average Bonchev–Trinajstić information content (AvgIpc) is 2.35. The lowest BCUT2D eigenvalue weighted by molar-refractivity contribution is -0.119. The third-order valence-corrected chi connectivity index (χ3v) is 2.20. The molecule has 3 nitrogen and oxygen atoms in total. The van der Waals surface area contributed by atoms with E-state index >= 15 is 0 Å². The van der Waals surface area contributed by atoms with Crippen molar-refractivity contribution in [3.05, 3.63) is 16.6 Å². The van der Waals surface area contributed by atoms with Crippen molar-refractivity contribution in [2.24, 2.45) is 0 Å². The standard InChI is InChI=1S/C7H10N2OS/c1-5(9-6(2)10)7-8-3-4-11-7/h3-5H,1-2H3,(H,9,10)/t5-/m1/s1. The van der Waals surface area contributed by atoms with Gasteiger partial charge in [0, 0.05) is 18.5 Å². The summed E-state index contributed by atoms with van der Waals surface area (Å²) in [7, 11) is 0. The van der Waals surface area contributed by atoms with Gasteiger partial charge in [-0.2, -0.15) is 0 Å². The van der Waals surface area contributed by atoms with E-state index in [4.69, 9.17) is 0 Å². The van der Waals surface area contributed by atoms with Gasteiger partial charge in [-0.25, -0.2) is 4.98 Å². The van der Waals surface area contributed by atoms with E-state index < -0.39 is 0 Å². The first-order chi connectivity index (χ1) is 5.20. The van der Waals surface area contributed by atoms with Gasteiger partial charge in [0.05, 0.1) is 6.04 Å². The highest BCUT2D eigenvalue weighted by molar-refractivity contribution is 7.09. The van der Waals surface area contributed by atoms with Crippen molar-refractivity contribution >= 4 is 17.2 Å². The molecule has 11 heavy (non-hydrogen) atoms. The molecule has 1 atom stereocenters. The third-order valence-electron chi connectivity index (χ3n) is 1.24. The Labute approximate surface area is 69.5 Å². The molecule has 1 amide bonds. The van der Waals surface area contributed by atoms with Crippen molar-refractivity contribution in [2.75, 3.05) is 0 Å². The Morgan fingerprint density at radius 1 is 1.82 bits per heavy atom. The van der Waals surface area contributed by atoms with Crippen LogP contribution in [0.3, 0.4) is 0 Å². The van der Waals surface area contributed by atoms with Crippen LogP contribution in [0.5, 0.6) is 0 Å². The van der Waals surface area contributed by atoms with E-state index in [0.29, 0.717) is 0 Å². The number of rotatable bonds is 2. The summed E-state index contributed by atoms with van der Waals surface area (Å²) in [6.45, 7) is 3.42. The lowest BCUT2D eigenvalue weighted by Crippen LogP contribution is -2.23. The molecule has 0 aliphatic heterocycles. The zero-order valence-corrected chi connectivity index (χ0v) is 7.31. The maximum atomic E-state index is 10.6. The summed E-state index contributed by atoms with van der Waals surface area (Å²) in [5.74, 6) is -0.0206. The number of hydrogen-bond acceptors (Lipinski definition) is 3. The van der Waals surface area contributed by atoms with E-state index in [0.717, 1.165) is 5.01 Å². The predicted molar refractivity (Wildman–Crippen MR) is 44.3 cm³/mol. The molecule has 0 unspecified atom stereocenters. The number of aromatic nitrogens is 1. The first kappa shape index (κ1) is 8.20. The fraction of sp³-hybridized carbons (Fsp3) is 0.429. The van der Waals surface area contributed by atoms with Gasteiger partial charge in [-0.3, -0.25) is 4.79 Å². The molecule has 60 valence electrons. The molecule has 0 bridgehead atoms. The second kappa shape index (κ2) is 3.48. The summed E-state index contributed by atoms with van der Waals surface area (Å²) >= 11 is 1.55. The van der Waals surface area contributed by atoms with Crippen LogP contribution in [0.2, 0.25) is 0 Å². The Morgan fingerprint density at radius 2 is 2.55 bits per heavy atom. The molecule has 0 saturated carbocycles. The first-order valence-electron chi connectivity index (χ1n) is 3.36. The first-order valence-corrected chi connectivity index (χ1v) is 4.24. The van der Waals surface area contributed by atoms with Crippen LogP contribution in [-0.4, -0.2) is 10.9 Å². The van der Waals surface area contributed by atoms with Gasteiger partial charge >= 0.3 is 0 Å². The van der Waals surface area contributed by atoms with Crippen molar-refractivity contribution in [1.82, 2.24) is 10.3 Å². The molecule has 1 aromatic rings. The lowest BCUT2D eigenvalue weighted by Gasteiger charge is -2.07. The molecular formula is C7H10N2OS. The van der Waals surface area contributed by atoms with Gasteiger partial charge in [-0.1, -0.05) is 0 Å². The maximum absolute atomic E-state index is 10.6. The second-order valence-corrected chi connectivity index (χ2v) is 3.22. The Balaban J connectivity index is 2.56. The predicted octanol–water partition coefficient (Wildman–Crippen LogP) is 1.34. The number of carbonyl (C=O) groups excluding carboxylic acids is 1. The van der Waals surface area contributed by atoms with Gasteiger partial charge in [0.2, 0.25) is 5.91 Å². The highest BCUT2D eigenvalue weighted by atomic mass is 32.1. The van der Waals surface area contributed by atoms with Crippen LogP contribution >= 0.6 is 11.3 Å². The van der Waals surface area contributed by atoms with Crippen LogP contribution in [0, 0.1) is 0 Å². The van der Waals surface area contributed by atoms with Gasteiger partial charge in [0.1, 0.15) is 5.01 Å². The number of thiazole rings is 1. The summed E-state index contributed by atoms with van der Waals surface area (Å²) in [6.07, 6.45) is 1.73. The SMILES string of the molecule is CC(=O)N[C@H](C)c1nccs1. The topological polar surface area (TPSA) is 42.0 Å². The second-order valence-electron chi connectivity index (χ2n) is 2.29. The van der Waals surface area contributed by atoms with Gasteiger partial charge in [0.25, 0.3) is 0 Å². The van der Waals surface area contributed by atoms with Crippen molar-refractivity contribution in [3.63, 3.8) is 0 Å². The molecule has 4 heteroatoms. The van der Waals surface area contributed by atoms with Crippen LogP contribution < -0.4 is 5.32 Å². The molecule has 0 aromatic carbocycles. The number of nitrogens with one attached hydrogen (secondary N) is 1. The number of amides is 1. The normalized spacial score (nSPS) is 12.5. The largest absolute Gasteiger partial charge is 0.347 e. The monoisotopic (exact) mass is 170 g/mol. The molecule has 0 spiro atoms. The van der Waals surface area contributed by atoms with E-state index in [2.05, 4.69) is 10.3 Å². The molecule has 0 saturated heterocycles. The van der Waals surface area contributed by atoms with E-state index in [1.54, 1.807) is 17.5 Å². The fourth-order valence-electron chi connectivity index (χ4n) is 0.815. The summed E-state index contributed by atoms with van der Waals surface area (Å²) in [4.78, 5) is 14.7. The minimum atomic E-state index is -0.0206. The molecular weight excluding hydrogens is 160 g/mol. The van der Waals surface area contributed by atoms with Crippen LogP contribution in [0.15, 0.2) is 11.6 Å². The minimum Gasteiger partial charge on any atom is -0.347 e. The van der Waals surface area contributed by atoms with Gasteiger partial charge in [-0.15, -0.1) is 11.3 Å². The quantitative estimate of drug-likeness (QED) is 0.727. The van der Waals surface area contributed by atoms with E-state index in [1.807, 2.05) is 12.3 Å². The van der Waals surface area contributed by atoms with Gasteiger partial charge in [-0.05, 0) is 6.92 Å². The zero-order chi connectivity index (χ0) is 8.27. The average molecular weight is 170 g/mol. The molecule has 0 radical (unpaired) electrons. The fourth-order valence-corrected chi connectivity index (χ4v) is 1.46. The summed E-state index contributed by atoms with van der Waals surface area (Å²) < 4.78 is 0. The van der Waals surface area contributed by atoms with Crippen LogP contribution in [0.4, 0.5) is 0 Å². The number of nitrogens with zero attached hydrogens (tertiary/aromatic N) is 1. The zero-order valence-electron chi connectivity index (χ0n) is 6.50.